The van der Waals surface area contributed by atoms with Crippen LogP contribution in [0.3, 0.4) is 0 Å². The highest BCUT2D eigenvalue weighted by Crippen LogP contribution is 2.29. The summed E-state index contributed by atoms with van der Waals surface area (Å²) in [5, 5.41) is 7.45. The number of aliphatic carboxylic acids is 1. The molecule has 0 spiro atoms. The summed E-state index contributed by atoms with van der Waals surface area (Å²) in [6.45, 7) is 0. The molecule has 6 heteroatoms. The van der Waals surface area contributed by atoms with E-state index in [1.165, 1.54) is 0 Å². The molecule has 1 N–H and O–H groups in total. The lowest BCUT2D eigenvalue weighted by atomic mass is 10.2. The maximum Gasteiger partial charge on any atom is 0.321 e. The van der Waals surface area contributed by atoms with Gasteiger partial charge >= 0.3 is 5.97 Å². The monoisotopic (exact) mass is 252 g/mol. The fourth-order valence-corrected chi connectivity index (χ4v) is 0.989. The Morgan fingerprint density at radius 1 is 1.50 bits per heavy atom. The SMILES string of the molecule is O=C(O)C(Cl)CCC(Cl)(Cl)CCl. The summed E-state index contributed by atoms with van der Waals surface area (Å²) in [5.41, 5.74) is 0. The fraction of sp³-hybridized carbons (Fsp3) is 0.833. The number of carbonyl (C=O) groups is 1. The maximum atomic E-state index is 10.3. The normalized spacial score (nSPS) is 14.3. The summed E-state index contributed by atoms with van der Waals surface area (Å²) in [5.74, 6) is -1.02. The molecule has 0 aliphatic carbocycles. The van der Waals surface area contributed by atoms with Gasteiger partial charge in [-0.2, -0.15) is 0 Å². The third-order valence-corrected chi connectivity index (χ3v) is 3.01. The minimum atomic E-state index is -1.08. The van der Waals surface area contributed by atoms with Crippen molar-refractivity contribution in [3.05, 3.63) is 0 Å². The summed E-state index contributed by atoms with van der Waals surface area (Å²) < 4.78 is -1.08. The molecule has 1 atom stereocenters. The van der Waals surface area contributed by atoms with Crippen molar-refractivity contribution < 1.29 is 9.90 Å². The molecular weight excluding hydrogens is 246 g/mol. The number of hydrogen-bond donors (Lipinski definition) is 1. The first-order chi connectivity index (χ1) is 5.39. The van der Waals surface area contributed by atoms with E-state index in [1.807, 2.05) is 0 Å². The number of halogens is 4. The van der Waals surface area contributed by atoms with E-state index in [2.05, 4.69) is 0 Å². The van der Waals surface area contributed by atoms with Crippen molar-refractivity contribution in [2.45, 2.75) is 22.6 Å². The van der Waals surface area contributed by atoms with Crippen LogP contribution in [0.25, 0.3) is 0 Å². The Hall–Kier alpha value is 0.630. The summed E-state index contributed by atoms with van der Waals surface area (Å²) in [6, 6.07) is 0. The molecule has 0 aromatic rings. The van der Waals surface area contributed by atoms with Crippen molar-refractivity contribution in [1.29, 1.82) is 0 Å². The van der Waals surface area contributed by atoms with Gasteiger partial charge in [0, 0.05) is 0 Å². The number of hydrogen-bond acceptors (Lipinski definition) is 1. The summed E-state index contributed by atoms with van der Waals surface area (Å²) in [4.78, 5) is 10.3. The van der Waals surface area contributed by atoms with Crippen molar-refractivity contribution in [1.82, 2.24) is 0 Å². The smallest absolute Gasteiger partial charge is 0.321 e. The van der Waals surface area contributed by atoms with Gasteiger partial charge in [0.2, 0.25) is 0 Å². The Kier molecular flexibility index (Phi) is 5.66. The van der Waals surface area contributed by atoms with Gasteiger partial charge < -0.3 is 5.11 Å². The number of rotatable bonds is 5. The van der Waals surface area contributed by atoms with Gasteiger partial charge in [0.1, 0.15) is 9.71 Å². The minimum Gasteiger partial charge on any atom is -0.480 e. The van der Waals surface area contributed by atoms with Crippen LogP contribution in [0.4, 0.5) is 0 Å². The Balaban J connectivity index is 3.75. The predicted molar refractivity (Wildman–Crippen MR) is 51.7 cm³/mol. The average Bonchev–Trinajstić information content (AvgIpc) is 2.00. The highest BCUT2D eigenvalue weighted by Gasteiger charge is 2.25. The minimum absolute atomic E-state index is 0.0549. The van der Waals surface area contributed by atoms with Gasteiger partial charge in [-0.25, -0.2) is 0 Å². The molecule has 1 unspecified atom stereocenters. The van der Waals surface area contributed by atoms with Crippen molar-refractivity contribution in [2.75, 3.05) is 5.88 Å². The fourth-order valence-electron chi connectivity index (χ4n) is 0.528. The van der Waals surface area contributed by atoms with Gasteiger partial charge in [-0.1, -0.05) is 0 Å². The van der Waals surface area contributed by atoms with Gasteiger partial charge in [0.05, 0.1) is 5.88 Å². The van der Waals surface area contributed by atoms with E-state index in [0.717, 1.165) is 0 Å². The maximum absolute atomic E-state index is 10.3. The Morgan fingerprint density at radius 3 is 2.33 bits per heavy atom. The topological polar surface area (TPSA) is 37.3 Å². The molecule has 0 aromatic carbocycles. The van der Waals surface area contributed by atoms with E-state index in [9.17, 15) is 4.79 Å². The second-order valence-electron chi connectivity index (χ2n) is 2.33. The zero-order valence-electron chi connectivity index (χ0n) is 6.07. The highest BCUT2D eigenvalue weighted by molar-refractivity contribution is 6.51. The molecule has 0 rings (SSSR count). The van der Waals surface area contributed by atoms with E-state index in [0.29, 0.717) is 0 Å². The van der Waals surface area contributed by atoms with Gasteiger partial charge in [-0.3, -0.25) is 4.79 Å². The molecule has 0 aliphatic rings. The van der Waals surface area contributed by atoms with Gasteiger partial charge in [0.15, 0.2) is 0 Å². The lowest BCUT2D eigenvalue weighted by Crippen LogP contribution is -2.20. The third kappa shape index (κ3) is 5.31. The van der Waals surface area contributed by atoms with Crippen molar-refractivity contribution in [3.63, 3.8) is 0 Å². The quantitative estimate of drug-likeness (QED) is 0.766. The molecule has 0 aliphatic heterocycles. The number of carboxylic acid groups (broad SMARTS) is 1. The molecule has 2 nitrogen and oxygen atoms in total. The predicted octanol–water partition coefficient (Wildman–Crippen LogP) is 2.87. The number of carboxylic acids is 1. The van der Waals surface area contributed by atoms with Crippen LogP contribution in [-0.4, -0.2) is 26.7 Å². The second-order valence-corrected chi connectivity index (χ2v) is 4.77. The van der Waals surface area contributed by atoms with Gasteiger partial charge in [0.25, 0.3) is 0 Å². The molecular formula is C6H8Cl4O2. The zero-order chi connectivity index (χ0) is 9.78. The first-order valence-corrected chi connectivity index (χ1v) is 4.92. The summed E-state index contributed by atoms with van der Waals surface area (Å²) >= 11 is 22.1. The van der Waals surface area contributed by atoms with E-state index in [-0.39, 0.29) is 18.7 Å². The van der Waals surface area contributed by atoms with Crippen LogP contribution in [0, 0.1) is 0 Å². The standard InChI is InChI=1S/C6H8Cl4O2/c7-3-6(9,10)2-1-4(8)5(11)12/h4H,1-3H2,(H,11,12). The van der Waals surface area contributed by atoms with E-state index < -0.39 is 15.7 Å². The first-order valence-electron chi connectivity index (χ1n) is 3.20. The summed E-state index contributed by atoms with van der Waals surface area (Å²) in [7, 11) is 0. The molecule has 0 amide bonds. The molecule has 0 heterocycles. The molecule has 0 saturated carbocycles. The van der Waals surface area contributed by atoms with Crippen molar-refractivity contribution in [2.24, 2.45) is 0 Å². The molecule has 72 valence electrons. The van der Waals surface area contributed by atoms with Gasteiger partial charge in [-0.05, 0) is 12.8 Å². The van der Waals surface area contributed by atoms with Crippen molar-refractivity contribution in [3.8, 4) is 0 Å². The van der Waals surface area contributed by atoms with Crippen LogP contribution in [0.2, 0.25) is 0 Å². The van der Waals surface area contributed by atoms with E-state index in [4.69, 9.17) is 51.5 Å². The Labute approximate surface area is 90.7 Å². The van der Waals surface area contributed by atoms with Gasteiger partial charge in [-0.15, -0.1) is 46.4 Å². The molecule has 0 saturated heterocycles. The lowest BCUT2D eigenvalue weighted by molar-refractivity contribution is -0.136. The van der Waals surface area contributed by atoms with Crippen LogP contribution in [0.1, 0.15) is 12.8 Å². The van der Waals surface area contributed by atoms with E-state index in [1.54, 1.807) is 0 Å². The van der Waals surface area contributed by atoms with Crippen LogP contribution in [0.15, 0.2) is 0 Å². The first kappa shape index (κ1) is 12.6. The lowest BCUT2D eigenvalue weighted by Gasteiger charge is -2.16. The van der Waals surface area contributed by atoms with Crippen LogP contribution in [0.5, 0.6) is 0 Å². The van der Waals surface area contributed by atoms with Crippen molar-refractivity contribution >= 4 is 52.4 Å². The molecule has 0 fully saturated rings. The van der Waals surface area contributed by atoms with Crippen LogP contribution < -0.4 is 0 Å². The van der Waals surface area contributed by atoms with E-state index >= 15 is 0 Å². The third-order valence-electron chi connectivity index (χ3n) is 1.23. The number of alkyl halides is 4. The van der Waals surface area contributed by atoms with Crippen LogP contribution >= 0.6 is 46.4 Å². The Bertz CT molecular complexity index is 160. The zero-order valence-corrected chi connectivity index (χ0v) is 9.09. The average molecular weight is 254 g/mol. The largest absolute Gasteiger partial charge is 0.480 e. The highest BCUT2D eigenvalue weighted by atomic mass is 35.5. The molecule has 0 radical (unpaired) electrons. The molecule has 0 bridgehead atoms. The molecule has 12 heavy (non-hydrogen) atoms. The molecule has 0 aromatic heterocycles. The van der Waals surface area contributed by atoms with Crippen LogP contribution in [-0.2, 0) is 4.79 Å². The second kappa shape index (κ2) is 5.38. The summed E-state index contributed by atoms with van der Waals surface area (Å²) in [6.07, 6.45) is 0.469. The Morgan fingerprint density at radius 2 is 2.00 bits per heavy atom.